The number of carbonyl (C=O) groups excluding carboxylic acids is 2. The Morgan fingerprint density at radius 3 is 2.43 bits per heavy atom. The molecule has 1 aromatic rings. The Labute approximate surface area is 131 Å². The maximum Gasteiger partial charge on any atom is 0.326 e. The van der Waals surface area contributed by atoms with E-state index in [9.17, 15) is 14.4 Å². The largest absolute Gasteiger partial charge is 0.480 e. The van der Waals surface area contributed by atoms with Crippen molar-refractivity contribution < 1.29 is 19.5 Å². The fourth-order valence-corrected chi connectivity index (χ4v) is 2.44. The molecule has 1 rings (SSSR count). The predicted octanol–water partition coefficient (Wildman–Crippen LogP) is 1.27. The van der Waals surface area contributed by atoms with Crippen LogP contribution in [0.1, 0.15) is 12.8 Å². The van der Waals surface area contributed by atoms with E-state index in [1.165, 1.54) is 11.8 Å². The third-order valence-electron chi connectivity index (χ3n) is 2.45. The molecular formula is C13H15ClN2O4S. The molecule has 1 aromatic carbocycles. The molecule has 0 saturated heterocycles. The zero-order chi connectivity index (χ0) is 15.8. The van der Waals surface area contributed by atoms with E-state index in [2.05, 4.69) is 5.32 Å². The smallest absolute Gasteiger partial charge is 0.326 e. The summed E-state index contributed by atoms with van der Waals surface area (Å²) >= 11 is 7.21. The van der Waals surface area contributed by atoms with Gasteiger partial charge in [0.05, 0.1) is 6.42 Å². The molecule has 0 saturated carbocycles. The number of primary amides is 1. The van der Waals surface area contributed by atoms with E-state index < -0.39 is 30.2 Å². The minimum atomic E-state index is -1.28. The highest BCUT2D eigenvalue weighted by Crippen LogP contribution is 2.20. The average Bonchev–Trinajstić information content (AvgIpc) is 2.39. The zero-order valence-electron chi connectivity index (χ0n) is 11.0. The summed E-state index contributed by atoms with van der Waals surface area (Å²) in [6.07, 6.45) is -0.290. The normalized spacial score (nSPS) is 11.7. The summed E-state index contributed by atoms with van der Waals surface area (Å²) < 4.78 is 0. The first-order valence-electron chi connectivity index (χ1n) is 6.07. The average molecular weight is 331 g/mol. The van der Waals surface area contributed by atoms with Gasteiger partial charge in [0, 0.05) is 22.1 Å². The van der Waals surface area contributed by atoms with Crippen molar-refractivity contribution in [2.45, 2.75) is 23.8 Å². The minimum Gasteiger partial charge on any atom is -0.480 e. The Bertz CT molecular complexity index is 521. The van der Waals surface area contributed by atoms with Crippen LogP contribution in [-0.4, -0.2) is 34.7 Å². The maximum atomic E-state index is 11.6. The molecule has 0 aliphatic rings. The number of nitrogens with two attached hydrogens (primary N) is 1. The molecule has 21 heavy (non-hydrogen) atoms. The number of carboxylic acids is 1. The third-order valence-corrected chi connectivity index (χ3v) is 3.72. The van der Waals surface area contributed by atoms with Gasteiger partial charge in [0.1, 0.15) is 6.04 Å². The lowest BCUT2D eigenvalue weighted by Gasteiger charge is -2.12. The van der Waals surface area contributed by atoms with Gasteiger partial charge in [0.2, 0.25) is 11.8 Å². The van der Waals surface area contributed by atoms with Crippen molar-refractivity contribution in [1.82, 2.24) is 5.32 Å². The van der Waals surface area contributed by atoms with E-state index in [1.54, 1.807) is 12.1 Å². The monoisotopic (exact) mass is 330 g/mol. The Balaban J connectivity index is 2.37. The molecule has 0 bridgehead atoms. The van der Waals surface area contributed by atoms with Crippen LogP contribution in [-0.2, 0) is 14.4 Å². The maximum absolute atomic E-state index is 11.6. The summed E-state index contributed by atoms with van der Waals surface area (Å²) in [6, 6.07) is 5.88. The van der Waals surface area contributed by atoms with Crippen molar-refractivity contribution in [2.75, 3.05) is 5.75 Å². The van der Waals surface area contributed by atoms with Gasteiger partial charge in [-0.05, 0) is 24.3 Å². The molecule has 114 valence electrons. The van der Waals surface area contributed by atoms with Crippen LogP contribution in [0.2, 0.25) is 5.02 Å². The second-order valence-corrected chi connectivity index (χ2v) is 5.79. The van der Waals surface area contributed by atoms with Crippen molar-refractivity contribution in [3.05, 3.63) is 29.3 Å². The molecule has 0 radical (unpaired) electrons. The number of halogens is 1. The molecule has 0 aliphatic heterocycles. The van der Waals surface area contributed by atoms with E-state index >= 15 is 0 Å². The number of carbonyl (C=O) groups is 3. The summed E-state index contributed by atoms with van der Waals surface area (Å²) in [4.78, 5) is 34.2. The van der Waals surface area contributed by atoms with Gasteiger partial charge in [-0.1, -0.05) is 11.6 Å². The highest BCUT2D eigenvalue weighted by Gasteiger charge is 2.21. The molecule has 8 heteroatoms. The molecule has 0 aliphatic carbocycles. The van der Waals surface area contributed by atoms with Gasteiger partial charge in [-0.3, -0.25) is 9.59 Å². The SMILES string of the molecule is NC(=O)C[C@@H](NC(=O)CCSc1ccc(Cl)cc1)C(=O)O. The lowest BCUT2D eigenvalue weighted by Crippen LogP contribution is -2.43. The number of hydrogen-bond donors (Lipinski definition) is 3. The van der Waals surface area contributed by atoms with Gasteiger partial charge < -0.3 is 16.2 Å². The first-order valence-corrected chi connectivity index (χ1v) is 7.43. The second kappa shape index (κ2) is 8.53. The van der Waals surface area contributed by atoms with E-state index in [1.807, 2.05) is 12.1 Å². The second-order valence-electron chi connectivity index (χ2n) is 4.18. The highest BCUT2D eigenvalue weighted by atomic mass is 35.5. The third kappa shape index (κ3) is 7.01. The Morgan fingerprint density at radius 2 is 1.90 bits per heavy atom. The van der Waals surface area contributed by atoms with Gasteiger partial charge in [0.25, 0.3) is 0 Å². The molecule has 0 fully saturated rings. The molecular weight excluding hydrogens is 316 g/mol. The molecule has 0 spiro atoms. The number of rotatable bonds is 8. The van der Waals surface area contributed by atoms with Gasteiger partial charge in [-0.2, -0.15) is 0 Å². The van der Waals surface area contributed by atoms with Crippen LogP contribution >= 0.6 is 23.4 Å². The number of benzene rings is 1. The molecule has 2 amide bonds. The van der Waals surface area contributed by atoms with Crippen molar-refractivity contribution in [1.29, 1.82) is 0 Å². The lowest BCUT2D eigenvalue weighted by atomic mass is 10.2. The van der Waals surface area contributed by atoms with Crippen LogP contribution in [0.3, 0.4) is 0 Å². The van der Waals surface area contributed by atoms with Crippen molar-refractivity contribution in [2.24, 2.45) is 5.73 Å². The number of amides is 2. The Kier molecular flexibility index (Phi) is 7.04. The summed E-state index contributed by atoms with van der Waals surface area (Å²) in [7, 11) is 0. The number of thioether (sulfide) groups is 1. The van der Waals surface area contributed by atoms with Crippen molar-refractivity contribution >= 4 is 41.1 Å². The van der Waals surface area contributed by atoms with E-state index in [0.717, 1.165) is 4.90 Å². The van der Waals surface area contributed by atoms with E-state index in [-0.39, 0.29) is 6.42 Å². The van der Waals surface area contributed by atoms with Crippen LogP contribution < -0.4 is 11.1 Å². The summed E-state index contributed by atoms with van der Waals surface area (Å²) in [6.45, 7) is 0. The molecule has 0 heterocycles. The van der Waals surface area contributed by atoms with Crippen LogP contribution in [0.15, 0.2) is 29.2 Å². The summed E-state index contributed by atoms with van der Waals surface area (Å²) in [5.74, 6) is -2.02. The van der Waals surface area contributed by atoms with Gasteiger partial charge in [0.15, 0.2) is 0 Å². The van der Waals surface area contributed by atoms with E-state index in [0.29, 0.717) is 10.8 Å². The topological polar surface area (TPSA) is 109 Å². The molecule has 6 nitrogen and oxygen atoms in total. The summed E-state index contributed by atoms with van der Waals surface area (Å²) in [5, 5.41) is 11.8. The molecule has 1 atom stereocenters. The molecule has 0 aromatic heterocycles. The summed E-state index contributed by atoms with van der Waals surface area (Å²) in [5.41, 5.74) is 4.93. The first-order chi connectivity index (χ1) is 9.88. The van der Waals surface area contributed by atoms with Gasteiger partial charge in [-0.25, -0.2) is 4.79 Å². The Hall–Kier alpha value is -1.73. The first kappa shape index (κ1) is 17.3. The number of nitrogens with one attached hydrogen (secondary N) is 1. The number of aliphatic carboxylic acids is 1. The van der Waals surface area contributed by atoms with Gasteiger partial charge in [-0.15, -0.1) is 11.8 Å². The van der Waals surface area contributed by atoms with Crippen molar-refractivity contribution in [3.63, 3.8) is 0 Å². The van der Waals surface area contributed by atoms with Crippen LogP contribution in [0.25, 0.3) is 0 Å². The standard InChI is InChI=1S/C13H15ClN2O4S/c14-8-1-3-9(4-2-8)21-6-5-12(18)16-10(13(19)20)7-11(15)17/h1-4,10H,5-7H2,(H2,15,17)(H,16,18)(H,19,20)/t10-/m1/s1. The van der Waals surface area contributed by atoms with Crippen molar-refractivity contribution in [3.8, 4) is 0 Å². The van der Waals surface area contributed by atoms with Crippen LogP contribution in [0.5, 0.6) is 0 Å². The zero-order valence-corrected chi connectivity index (χ0v) is 12.6. The number of hydrogen-bond acceptors (Lipinski definition) is 4. The van der Waals surface area contributed by atoms with Crippen LogP contribution in [0, 0.1) is 0 Å². The Morgan fingerprint density at radius 1 is 1.29 bits per heavy atom. The fourth-order valence-electron chi connectivity index (χ4n) is 1.46. The van der Waals surface area contributed by atoms with E-state index in [4.69, 9.17) is 22.4 Å². The predicted molar refractivity (Wildman–Crippen MR) is 80.2 cm³/mol. The lowest BCUT2D eigenvalue weighted by molar-refractivity contribution is -0.143. The molecule has 0 unspecified atom stereocenters. The van der Waals surface area contributed by atoms with Crippen LogP contribution in [0.4, 0.5) is 0 Å². The van der Waals surface area contributed by atoms with Gasteiger partial charge >= 0.3 is 5.97 Å². The quantitative estimate of drug-likeness (QED) is 0.622. The fraction of sp³-hybridized carbons (Fsp3) is 0.308. The molecule has 4 N–H and O–H groups in total. The number of carboxylic acid groups (broad SMARTS) is 1. The highest BCUT2D eigenvalue weighted by molar-refractivity contribution is 7.99. The minimum absolute atomic E-state index is 0.135.